The van der Waals surface area contributed by atoms with E-state index in [9.17, 15) is 9.59 Å². The third-order valence-electron chi connectivity index (χ3n) is 2.89. The van der Waals surface area contributed by atoms with Crippen molar-refractivity contribution in [2.75, 3.05) is 13.1 Å². The van der Waals surface area contributed by atoms with Crippen LogP contribution >= 0.6 is 0 Å². The molecule has 2 amide bonds. The molecule has 0 saturated heterocycles. The summed E-state index contributed by atoms with van der Waals surface area (Å²) in [7, 11) is 0. The summed E-state index contributed by atoms with van der Waals surface area (Å²) >= 11 is 0. The van der Waals surface area contributed by atoms with Crippen LogP contribution in [0.25, 0.3) is 0 Å². The third kappa shape index (κ3) is 8.52. The first-order valence-corrected chi connectivity index (χ1v) is 6.74. The minimum atomic E-state index is -0.792. The molecule has 0 aliphatic carbocycles. The Morgan fingerprint density at radius 1 is 1.00 bits per heavy atom. The molecule has 111 valence electrons. The largest absolute Gasteiger partial charge is 0.343 e. The Morgan fingerprint density at radius 2 is 1.53 bits per heavy atom. The van der Waals surface area contributed by atoms with Crippen LogP contribution in [0.2, 0.25) is 0 Å². The lowest BCUT2D eigenvalue weighted by molar-refractivity contribution is -0.128. The van der Waals surface area contributed by atoms with Gasteiger partial charge in [0.2, 0.25) is 5.91 Å². The van der Waals surface area contributed by atoms with Crippen LogP contribution in [0.1, 0.15) is 38.5 Å². The molecule has 19 heavy (non-hydrogen) atoms. The van der Waals surface area contributed by atoms with Crippen molar-refractivity contribution >= 4 is 11.8 Å². The molecule has 0 saturated carbocycles. The van der Waals surface area contributed by atoms with Crippen LogP contribution in [0.4, 0.5) is 0 Å². The highest BCUT2D eigenvalue weighted by Gasteiger charge is 2.21. The van der Waals surface area contributed by atoms with E-state index in [0.29, 0.717) is 32.4 Å². The Hall–Kier alpha value is -1.18. The van der Waals surface area contributed by atoms with Crippen LogP contribution in [0.3, 0.4) is 0 Å². The molecule has 0 aromatic rings. The Morgan fingerprint density at radius 3 is 2.00 bits per heavy atom. The molecule has 7 heteroatoms. The Balaban J connectivity index is 4.11. The number of carbonyl (C=O) groups excluding carboxylic acids is 2. The highest BCUT2D eigenvalue weighted by atomic mass is 16.2. The van der Waals surface area contributed by atoms with Crippen LogP contribution in [0, 0.1) is 0 Å². The van der Waals surface area contributed by atoms with Crippen LogP contribution < -0.4 is 28.3 Å². The number of carbonyl (C=O) groups is 2. The van der Waals surface area contributed by atoms with Crippen molar-refractivity contribution in [1.82, 2.24) is 11.1 Å². The molecule has 7 nitrogen and oxygen atoms in total. The lowest BCUT2D eigenvalue weighted by Gasteiger charge is -2.18. The molecule has 8 N–H and O–H groups in total. The molecule has 0 unspecified atom stereocenters. The van der Waals surface area contributed by atoms with E-state index in [1.165, 1.54) is 0 Å². The monoisotopic (exact) mass is 272 g/mol. The van der Waals surface area contributed by atoms with Crippen LogP contribution in [-0.2, 0) is 9.59 Å². The molecule has 0 heterocycles. The number of nitrogens with two attached hydrogens (primary N) is 3. The molecule has 0 spiro atoms. The fourth-order valence-corrected chi connectivity index (χ4v) is 1.68. The predicted molar refractivity (Wildman–Crippen MR) is 73.8 cm³/mol. The van der Waals surface area contributed by atoms with Crippen molar-refractivity contribution in [1.29, 1.82) is 0 Å². The zero-order chi connectivity index (χ0) is 14.7. The minimum absolute atomic E-state index is 0.379. The molecular formula is C12H26N5O2. The topological polar surface area (TPSA) is 148 Å². The van der Waals surface area contributed by atoms with Gasteiger partial charge < -0.3 is 22.5 Å². The summed E-state index contributed by atoms with van der Waals surface area (Å²) in [5, 5.41) is 2.53. The average Bonchev–Trinajstić information content (AvgIpc) is 2.37. The second-order valence-corrected chi connectivity index (χ2v) is 4.60. The van der Waals surface area contributed by atoms with Gasteiger partial charge in [-0.2, -0.15) is 0 Å². The first kappa shape index (κ1) is 17.8. The average molecular weight is 272 g/mol. The molecule has 0 aromatic heterocycles. The van der Waals surface area contributed by atoms with Gasteiger partial charge in [-0.15, -0.1) is 0 Å². The van der Waals surface area contributed by atoms with E-state index >= 15 is 0 Å². The lowest BCUT2D eigenvalue weighted by atomic mass is 10.1. The molecular weight excluding hydrogens is 246 g/mol. The van der Waals surface area contributed by atoms with Gasteiger partial charge in [0.1, 0.15) is 6.04 Å². The highest BCUT2D eigenvalue weighted by Crippen LogP contribution is 2.03. The summed E-state index contributed by atoms with van der Waals surface area (Å²) in [5.74, 6) is -1.17. The molecule has 0 aromatic carbocycles. The lowest BCUT2D eigenvalue weighted by Crippen LogP contribution is -2.48. The summed E-state index contributed by atoms with van der Waals surface area (Å²) < 4.78 is 0. The molecule has 0 rings (SSSR count). The zero-order valence-electron chi connectivity index (χ0n) is 11.4. The van der Waals surface area contributed by atoms with Gasteiger partial charge in [0.15, 0.2) is 0 Å². The second kappa shape index (κ2) is 10.7. The molecule has 0 aliphatic rings. The smallest absolute Gasteiger partial charge is 0.260 e. The van der Waals surface area contributed by atoms with E-state index < -0.39 is 18.0 Å². The fraction of sp³-hybridized carbons (Fsp3) is 0.833. The zero-order valence-corrected chi connectivity index (χ0v) is 11.4. The Bertz CT molecular complexity index is 273. The summed E-state index contributed by atoms with van der Waals surface area (Å²) in [6.45, 7) is 1.10. The van der Waals surface area contributed by atoms with Crippen LogP contribution in [0.15, 0.2) is 0 Å². The number of amides is 2. The molecule has 1 radical (unpaired) electrons. The summed E-state index contributed by atoms with van der Waals surface area (Å²) in [4.78, 5) is 22.9. The minimum Gasteiger partial charge on any atom is -0.343 e. The first-order chi connectivity index (χ1) is 9.02. The van der Waals surface area contributed by atoms with Gasteiger partial charge in [-0.1, -0.05) is 6.42 Å². The maximum Gasteiger partial charge on any atom is 0.260 e. The van der Waals surface area contributed by atoms with E-state index in [1.54, 1.807) is 0 Å². The van der Waals surface area contributed by atoms with E-state index in [4.69, 9.17) is 22.9 Å². The van der Waals surface area contributed by atoms with Gasteiger partial charge in [0, 0.05) is 0 Å². The van der Waals surface area contributed by atoms with Crippen molar-refractivity contribution in [2.45, 2.75) is 50.6 Å². The Kier molecular flexibility index (Phi) is 10.1. The van der Waals surface area contributed by atoms with Crippen molar-refractivity contribution in [3.8, 4) is 0 Å². The van der Waals surface area contributed by atoms with Crippen molar-refractivity contribution < 1.29 is 9.59 Å². The quantitative estimate of drug-likeness (QED) is 0.351. The summed E-state index contributed by atoms with van der Waals surface area (Å²) in [5.41, 5.74) is 23.6. The molecule has 0 fully saturated rings. The molecule has 0 bridgehead atoms. The van der Waals surface area contributed by atoms with Crippen LogP contribution in [-0.4, -0.2) is 37.0 Å². The summed E-state index contributed by atoms with van der Waals surface area (Å²) in [6.07, 6.45) is 4.03. The Labute approximate surface area is 114 Å². The second-order valence-electron chi connectivity index (χ2n) is 4.60. The number of nitrogens with one attached hydrogen (secondary N) is 2. The van der Waals surface area contributed by atoms with Gasteiger partial charge in [-0.05, 0) is 45.2 Å². The van der Waals surface area contributed by atoms with Gasteiger partial charge >= 0.3 is 0 Å². The van der Waals surface area contributed by atoms with E-state index in [2.05, 4.69) is 5.32 Å². The van der Waals surface area contributed by atoms with E-state index in [-0.39, 0.29) is 5.91 Å². The number of hydrogen-bond donors (Lipinski definition) is 4. The highest BCUT2D eigenvalue weighted by molar-refractivity contribution is 5.88. The maximum absolute atomic E-state index is 11.8. The standard InChI is InChI=1S/C12H26N5O2/c13-7-3-1-5-9(15)12(19)17-10(11(16)18)6-2-4-8-14/h9-10,16H,1-8,13-15H2,(H,17,19)/t9-,10-/m0/s1. The van der Waals surface area contributed by atoms with Gasteiger partial charge in [-0.25, -0.2) is 0 Å². The van der Waals surface area contributed by atoms with Gasteiger partial charge in [0.25, 0.3) is 5.91 Å². The number of rotatable bonds is 11. The predicted octanol–water partition coefficient (Wildman–Crippen LogP) is -1.13. The van der Waals surface area contributed by atoms with Crippen molar-refractivity contribution in [2.24, 2.45) is 17.2 Å². The van der Waals surface area contributed by atoms with Gasteiger partial charge in [0.05, 0.1) is 6.04 Å². The maximum atomic E-state index is 11.8. The van der Waals surface area contributed by atoms with Crippen molar-refractivity contribution in [3.05, 3.63) is 0 Å². The van der Waals surface area contributed by atoms with Crippen molar-refractivity contribution in [3.63, 3.8) is 0 Å². The molecule has 0 aliphatic heterocycles. The number of hydrogen-bond acceptors (Lipinski definition) is 5. The van der Waals surface area contributed by atoms with Crippen LogP contribution in [0.5, 0.6) is 0 Å². The van der Waals surface area contributed by atoms with Gasteiger partial charge in [-0.3, -0.25) is 15.3 Å². The first-order valence-electron chi connectivity index (χ1n) is 6.74. The molecule has 2 atom stereocenters. The SMILES string of the molecule is [NH]C(=O)[C@H](CCCCN)NC(=O)[C@@H](N)CCCCN. The number of unbranched alkanes of at least 4 members (excludes halogenated alkanes) is 2. The third-order valence-corrected chi connectivity index (χ3v) is 2.89. The van der Waals surface area contributed by atoms with E-state index in [0.717, 1.165) is 19.3 Å². The van der Waals surface area contributed by atoms with E-state index in [1.807, 2.05) is 0 Å². The normalized spacial score (nSPS) is 13.8. The fourth-order valence-electron chi connectivity index (χ4n) is 1.68. The summed E-state index contributed by atoms with van der Waals surface area (Å²) in [6, 6.07) is -1.43.